The summed E-state index contributed by atoms with van der Waals surface area (Å²) in [6.07, 6.45) is 2.14. The molecule has 0 spiro atoms. The van der Waals surface area contributed by atoms with Crippen LogP contribution < -0.4 is 5.32 Å². The number of hydrogen-bond donors (Lipinski definition) is 1. The van der Waals surface area contributed by atoms with Crippen LogP contribution in [0.2, 0.25) is 0 Å². The number of carbonyl (C=O) groups excluding carboxylic acids is 3. The Morgan fingerprint density at radius 3 is 2.07 bits per heavy atom. The molecule has 2 aromatic rings. The number of aryl methyl sites for hydroxylation is 1. The van der Waals surface area contributed by atoms with Crippen molar-refractivity contribution >= 4 is 17.7 Å². The highest BCUT2D eigenvalue weighted by atomic mass is 16.2. The van der Waals surface area contributed by atoms with Gasteiger partial charge in [0.25, 0.3) is 11.8 Å². The number of hydrogen-bond acceptors (Lipinski definition) is 3. The lowest BCUT2D eigenvalue weighted by Gasteiger charge is -2.25. The van der Waals surface area contributed by atoms with Gasteiger partial charge in [0.2, 0.25) is 5.91 Å². The van der Waals surface area contributed by atoms with Crippen LogP contribution in [0.1, 0.15) is 57.7 Å². The number of benzene rings is 2. The molecule has 1 N–H and O–H groups in total. The maximum absolute atomic E-state index is 12.9. The summed E-state index contributed by atoms with van der Waals surface area (Å²) in [7, 11) is 0. The molecule has 1 heterocycles. The van der Waals surface area contributed by atoms with Gasteiger partial charge >= 0.3 is 0 Å². The molecular formula is C22H22N2O3. The van der Waals surface area contributed by atoms with Crippen LogP contribution in [0.4, 0.5) is 0 Å². The minimum absolute atomic E-state index is 0.0873. The second-order valence-electron chi connectivity index (χ2n) is 7.44. The molecule has 5 nitrogen and oxygen atoms in total. The van der Waals surface area contributed by atoms with Gasteiger partial charge in [-0.2, -0.15) is 0 Å². The van der Waals surface area contributed by atoms with Crippen LogP contribution in [0.3, 0.4) is 0 Å². The fourth-order valence-corrected chi connectivity index (χ4v) is 3.63. The number of imide groups is 1. The molecule has 2 atom stereocenters. The molecule has 0 bridgehead atoms. The molecule has 4 rings (SSSR count). The number of amides is 3. The lowest BCUT2D eigenvalue weighted by Crippen LogP contribution is -2.48. The highest BCUT2D eigenvalue weighted by Gasteiger charge is 2.42. The van der Waals surface area contributed by atoms with Crippen LogP contribution in [-0.4, -0.2) is 28.7 Å². The van der Waals surface area contributed by atoms with Crippen LogP contribution in [0.25, 0.3) is 0 Å². The molecule has 2 aliphatic rings. The molecule has 1 saturated carbocycles. The fourth-order valence-electron chi connectivity index (χ4n) is 3.63. The Bertz CT molecular complexity index is 880. The number of fused-ring (bicyclic) bond motifs is 1. The van der Waals surface area contributed by atoms with E-state index in [1.807, 2.05) is 31.2 Å². The van der Waals surface area contributed by atoms with E-state index in [0.717, 1.165) is 23.3 Å². The van der Waals surface area contributed by atoms with Crippen LogP contribution >= 0.6 is 0 Å². The lowest BCUT2D eigenvalue weighted by molar-refractivity contribution is -0.125. The SMILES string of the molecule is Cc1ccc(C(NC(=O)C(C)N2C(=O)c3ccccc3C2=O)C2CC2)cc1. The molecule has 1 aliphatic carbocycles. The van der Waals surface area contributed by atoms with Crippen molar-refractivity contribution in [1.29, 1.82) is 0 Å². The smallest absolute Gasteiger partial charge is 0.262 e. The molecule has 2 aromatic carbocycles. The molecule has 138 valence electrons. The van der Waals surface area contributed by atoms with Crippen molar-refractivity contribution in [2.24, 2.45) is 5.92 Å². The van der Waals surface area contributed by atoms with Crippen molar-refractivity contribution < 1.29 is 14.4 Å². The summed E-state index contributed by atoms with van der Waals surface area (Å²) in [6, 6.07) is 13.9. The van der Waals surface area contributed by atoms with Crippen molar-refractivity contribution in [1.82, 2.24) is 10.2 Å². The lowest BCUT2D eigenvalue weighted by atomic mass is 10.0. The average Bonchev–Trinajstić information content (AvgIpc) is 3.48. The summed E-state index contributed by atoms with van der Waals surface area (Å²) in [4.78, 5) is 39.2. The molecule has 27 heavy (non-hydrogen) atoms. The van der Waals surface area contributed by atoms with E-state index in [1.54, 1.807) is 31.2 Å². The number of rotatable bonds is 5. The van der Waals surface area contributed by atoms with Crippen LogP contribution in [-0.2, 0) is 4.79 Å². The topological polar surface area (TPSA) is 66.5 Å². The number of nitrogens with zero attached hydrogens (tertiary/aromatic N) is 1. The predicted molar refractivity (Wildman–Crippen MR) is 101 cm³/mol. The standard InChI is InChI=1S/C22H22N2O3/c1-13-7-9-15(10-8-13)19(16-11-12-16)23-20(25)14(2)24-21(26)17-5-3-4-6-18(17)22(24)27/h3-10,14,16,19H,11-12H2,1-2H3,(H,23,25). The fraction of sp³-hybridized carbons (Fsp3) is 0.318. The third kappa shape index (κ3) is 3.14. The average molecular weight is 362 g/mol. The summed E-state index contributed by atoms with van der Waals surface area (Å²) < 4.78 is 0. The third-order valence-corrected chi connectivity index (χ3v) is 5.42. The minimum Gasteiger partial charge on any atom is -0.347 e. The van der Waals surface area contributed by atoms with Gasteiger partial charge in [-0.15, -0.1) is 0 Å². The molecule has 0 aromatic heterocycles. The predicted octanol–water partition coefficient (Wildman–Crippen LogP) is 3.25. The van der Waals surface area contributed by atoms with E-state index in [-0.39, 0.29) is 11.9 Å². The summed E-state index contributed by atoms with van der Waals surface area (Å²) in [5.41, 5.74) is 2.95. The van der Waals surface area contributed by atoms with E-state index in [4.69, 9.17) is 0 Å². The van der Waals surface area contributed by atoms with Gasteiger partial charge in [-0.25, -0.2) is 0 Å². The van der Waals surface area contributed by atoms with Crippen molar-refractivity contribution in [3.05, 3.63) is 70.8 Å². The Labute approximate surface area is 158 Å². The summed E-state index contributed by atoms with van der Waals surface area (Å²) >= 11 is 0. The van der Waals surface area contributed by atoms with Gasteiger partial charge in [-0.3, -0.25) is 19.3 Å². The first-order valence-electron chi connectivity index (χ1n) is 9.31. The summed E-state index contributed by atoms with van der Waals surface area (Å²) in [6.45, 7) is 3.63. The zero-order valence-electron chi connectivity index (χ0n) is 15.4. The molecule has 2 unspecified atom stereocenters. The minimum atomic E-state index is -0.857. The Morgan fingerprint density at radius 1 is 1.00 bits per heavy atom. The van der Waals surface area contributed by atoms with E-state index in [1.165, 1.54) is 5.56 Å². The maximum atomic E-state index is 12.9. The highest BCUT2D eigenvalue weighted by molar-refractivity contribution is 6.22. The molecule has 3 amide bonds. The van der Waals surface area contributed by atoms with Gasteiger partial charge in [0.05, 0.1) is 17.2 Å². The van der Waals surface area contributed by atoms with Crippen LogP contribution in [0, 0.1) is 12.8 Å². The summed E-state index contributed by atoms with van der Waals surface area (Å²) in [5.74, 6) is -0.707. The molecule has 0 saturated heterocycles. The maximum Gasteiger partial charge on any atom is 0.262 e. The van der Waals surface area contributed by atoms with E-state index in [0.29, 0.717) is 17.0 Å². The molecule has 5 heteroatoms. The first kappa shape index (κ1) is 17.5. The first-order chi connectivity index (χ1) is 13.0. The van der Waals surface area contributed by atoms with E-state index in [2.05, 4.69) is 5.32 Å². The van der Waals surface area contributed by atoms with Crippen molar-refractivity contribution in [3.8, 4) is 0 Å². The van der Waals surface area contributed by atoms with Crippen LogP contribution in [0.5, 0.6) is 0 Å². The monoisotopic (exact) mass is 362 g/mol. The number of nitrogens with one attached hydrogen (secondary N) is 1. The Morgan fingerprint density at radius 2 is 1.56 bits per heavy atom. The Hall–Kier alpha value is -2.95. The van der Waals surface area contributed by atoms with Crippen molar-refractivity contribution in [2.75, 3.05) is 0 Å². The van der Waals surface area contributed by atoms with E-state index in [9.17, 15) is 14.4 Å². The zero-order chi connectivity index (χ0) is 19.1. The molecule has 1 aliphatic heterocycles. The third-order valence-electron chi connectivity index (χ3n) is 5.42. The van der Waals surface area contributed by atoms with Crippen LogP contribution in [0.15, 0.2) is 48.5 Å². The first-order valence-corrected chi connectivity index (χ1v) is 9.31. The van der Waals surface area contributed by atoms with E-state index >= 15 is 0 Å². The van der Waals surface area contributed by atoms with Gasteiger partial charge in [-0.05, 0) is 50.3 Å². The van der Waals surface area contributed by atoms with Gasteiger partial charge in [0.1, 0.15) is 6.04 Å². The van der Waals surface area contributed by atoms with Gasteiger partial charge in [0.15, 0.2) is 0 Å². The Balaban J connectivity index is 1.53. The van der Waals surface area contributed by atoms with Crippen molar-refractivity contribution in [3.63, 3.8) is 0 Å². The zero-order valence-corrected chi connectivity index (χ0v) is 15.4. The Kier molecular flexibility index (Phi) is 4.30. The molecule has 1 fully saturated rings. The molecule has 0 radical (unpaired) electrons. The quantitative estimate of drug-likeness (QED) is 0.831. The summed E-state index contributed by atoms with van der Waals surface area (Å²) in [5, 5.41) is 3.07. The largest absolute Gasteiger partial charge is 0.347 e. The number of carbonyl (C=O) groups is 3. The molecular weight excluding hydrogens is 340 g/mol. The van der Waals surface area contributed by atoms with Gasteiger partial charge in [0, 0.05) is 0 Å². The highest BCUT2D eigenvalue weighted by Crippen LogP contribution is 2.41. The normalized spacial score (nSPS) is 18.2. The van der Waals surface area contributed by atoms with Crippen molar-refractivity contribution in [2.45, 2.75) is 38.8 Å². The second-order valence-corrected chi connectivity index (χ2v) is 7.44. The second kappa shape index (κ2) is 6.65. The van der Waals surface area contributed by atoms with Gasteiger partial charge < -0.3 is 5.32 Å². The van der Waals surface area contributed by atoms with Gasteiger partial charge in [-0.1, -0.05) is 42.0 Å². The van der Waals surface area contributed by atoms with E-state index < -0.39 is 17.9 Å².